The molecule has 0 spiro atoms. The zero-order valence-corrected chi connectivity index (χ0v) is 20.4. The number of aromatic nitrogens is 3. The van der Waals surface area contributed by atoms with Gasteiger partial charge in [0.2, 0.25) is 0 Å². The molecule has 3 aromatic heterocycles. The van der Waals surface area contributed by atoms with Crippen LogP contribution in [0.3, 0.4) is 0 Å². The number of piperidine rings is 1. The zero-order valence-electron chi connectivity index (χ0n) is 19.6. The maximum Gasteiger partial charge on any atom is 0.251 e. The molecule has 10 heteroatoms. The number of halogens is 1. The van der Waals surface area contributed by atoms with Gasteiger partial charge in [0.25, 0.3) is 5.56 Å². The Hall–Kier alpha value is -2.53. The van der Waals surface area contributed by atoms with Crippen molar-refractivity contribution < 1.29 is 13.9 Å². The molecule has 0 aliphatic carbocycles. The van der Waals surface area contributed by atoms with Gasteiger partial charge in [-0.05, 0) is 38.1 Å². The van der Waals surface area contributed by atoms with Crippen LogP contribution in [0.2, 0.25) is 0 Å². The van der Waals surface area contributed by atoms with Gasteiger partial charge in [-0.1, -0.05) is 0 Å². The molecule has 184 valence electrons. The Balaban J connectivity index is 1.11. The number of hydrogen-bond donors (Lipinski definition) is 1. The van der Waals surface area contributed by atoms with Gasteiger partial charge in [0.15, 0.2) is 5.75 Å². The highest BCUT2D eigenvalue weighted by atomic mass is 32.2. The number of thioether (sulfide) groups is 1. The second-order valence-electron chi connectivity index (χ2n) is 9.42. The molecule has 8 nitrogen and oxygen atoms in total. The van der Waals surface area contributed by atoms with Crippen LogP contribution < -0.4 is 15.6 Å². The van der Waals surface area contributed by atoms with E-state index in [2.05, 4.69) is 26.3 Å². The Morgan fingerprint density at radius 1 is 1.29 bits per heavy atom. The van der Waals surface area contributed by atoms with Crippen LogP contribution in [0.4, 0.5) is 4.39 Å². The van der Waals surface area contributed by atoms with Crippen molar-refractivity contribution in [1.82, 2.24) is 24.8 Å². The fourth-order valence-electron chi connectivity index (χ4n) is 5.52. The van der Waals surface area contributed by atoms with Gasteiger partial charge >= 0.3 is 0 Å². The summed E-state index contributed by atoms with van der Waals surface area (Å²) in [4.78, 5) is 24.7. The molecule has 1 saturated heterocycles. The second-order valence-corrected chi connectivity index (χ2v) is 10.6. The largest absolute Gasteiger partial charge is 0.490 e. The molecule has 0 aromatic carbocycles. The van der Waals surface area contributed by atoms with Crippen molar-refractivity contribution in [1.29, 1.82) is 0 Å². The lowest BCUT2D eigenvalue weighted by Crippen LogP contribution is -2.49. The Bertz CT molecular complexity index is 1330. The molecule has 0 bridgehead atoms. The van der Waals surface area contributed by atoms with E-state index < -0.39 is 11.4 Å². The second kappa shape index (κ2) is 9.16. The van der Waals surface area contributed by atoms with Crippen molar-refractivity contribution in [3.05, 3.63) is 58.0 Å². The van der Waals surface area contributed by atoms with E-state index in [1.165, 1.54) is 12.3 Å². The summed E-state index contributed by atoms with van der Waals surface area (Å²) in [5.74, 6) is 1.43. The number of hydrogen-bond acceptors (Lipinski definition) is 8. The number of pyridine rings is 3. The van der Waals surface area contributed by atoms with Crippen molar-refractivity contribution in [2.75, 3.05) is 39.1 Å². The minimum absolute atomic E-state index is 0.159. The first-order valence-corrected chi connectivity index (χ1v) is 13.0. The van der Waals surface area contributed by atoms with Gasteiger partial charge in [-0.2, -0.15) is 0 Å². The predicted molar refractivity (Wildman–Crippen MR) is 131 cm³/mol. The van der Waals surface area contributed by atoms with E-state index in [-0.39, 0.29) is 5.56 Å². The van der Waals surface area contributed by atoms with Crippen molar-refractivity contribution in [3.63, 3.8) is 0 Å². The number of rotatable bonds is 6. The number of fused-ring (bicyclic) bond motifs is 1. The third-order valence-corrected chi connectivity index (χ3v) is 8.34. The molecule has 3 aliphatic rings. The average molecular weight is 498 g/mol. The van der Waals surface area contributed by atoms with Gasteiger partial charge in [-0.3, -0.25) is 19.7 Å². The number of nitrogens with zero attached hydrogens (tertiary/aromatic N) is 4. The van der Waals surface area contributed by atoms with Crippen molar-refractivity contribution in [3.8, 4) is 5.75 Å². The normalized spacial score (nSPS) is 22.3. The van der Waals surface area contributed by atoms with Crippen LogP contribution >= 0.6 is 11.8 Å². The third kappa shape index (κ3) is 4.12. The summed E-state index contributed by atoms with van der Waals surface area (Å²) in [6, 6.07) is 5.65. The summed E-state index contributed by atoms with van der Waals surface area (Å²) < 4.78 is 28.3. The maximum atomic E-state index is 15.0. The molecule has 1 atom stereocenters. The lowest BCUT2D eigenvalue weighted by atomic mass is 9.93. The SMILES string of the molecule is COC1(CN2CCC(NCc3cc4c(cn3)OCCS4)CC2)Cn2c(=O)ccc3ncc(F)c1c32. The van der Waals surface area contributed by atoms with E-state index in [4.69, 9.17) is 9.47 Å². The molecule has 35 heavy (non-hydrogen) atoms. The van der Waals surface area contributed by atoms with E-state index in [0.29, 0.717) is 35.7 Å². The van der Waals surface area contributed by atoms with Crippen LogP contribution in [0, 0.1) is 5.82 Å². The van der Waals surface area contributed by atoms with Gasteiger partial charge in [0.1, 0.15) is 11.4 Å². The monoisotopic (exact) mass is 497 g/mol. The first-order chi connectivity index (χ1) is 17.1. The van der Waals surface area contributed by atoms with E-state index >= 15 is 4.39 Å². The molecule has 6 heterocycles. The van der Waals surface area contributed by atoms with Gasteiger partial charge in [-0.15, -0.1) is 11.8 Å². The minimum atomic E-state index is -0.911. The summed E-state index contributed by atoms with van der Waals surface area (Å²) >= 11 is 1.81. The fraction of sp³-hybridized carbons (Fsp3) is 0.480. The lowest BCUT2D eigenvalue weighted by molar-refractivity contribution is -0.0532. The summed E-state index contributed by atoms with van der Waals surface area (Å²) in [7, 11) is 1.60. The molecular weight excluding hydrogens is 469 g/mol. The fourth-order valence-corrected chi connectivity index (χ4v) is 6.37. The Kier molecular flexibility index (Phi) is 6.00. The first kappa shape index (κ1) is 22.9. The van der Waals surface area contributed by atoms with E-state index in [9.17, 15) is 4.79 Å². The Labute approximate surface area is 206 Å². The van der Waals surface area contributed by atoms with Crippen molar-refractivity contribution in [2.45, 2.75) is 42.5 Å². The quantitative estimate of drug-likeness (QED) is 0.557. The van der Waals surface area contributed by atoms with Crippen LogP contribution in [0.5, 0.6) is 5.75 Å². The number of likely N-dealkylation sites (tertiary alicyclic amines) is 1. The Morgan fingerprint density at radius 2 is 2.14 bits per heavy atom. The van der Waals surface area contributed by atoms with Gasteiger partial charge < -0.3 is 19.4 Å². The molecule has 1 fully saturated rings. The smallest absolute Gasteiger partial charge is 0.251 e. The van der Waals surface area contributed by atoms with E-state index in [0.717, 1.165) is 61.2 Å². The molecule has 0 saturated carbocycles. The molecule has 1 unspecified atom stereocenters. The molecule has 0 radical (unpaired) electrons. The topological polar surface area (TPSA) is 81.5 Å². The number of nitrogens with one attached hydrogen (secondary N) is 1. The van der Waals surface area contributed by atoms with Crippen LogP contribution in [0.25, 0.3) is 11.0 Å². The lowest BCUT2D eigenvalue weighted by Gasteiger charge is -2.38. The van der Waals surface area contributed by atoms with Crippen molar-refractivity contribution >= 4 is 22.8 Å². The summed E-state index contributed by atoms with van der Waals surface area (Å²) in [5.41, 5.74) is 1.57. The van der Waals surface area contributed by atoms with Gasteiger partial charge in [0, 0.05) is 38.1 Å². The van der Waals surface area contributed by atoms with Gasteiger partial charge in [-0.25, -0.2) is 4.39 Å². The summed E-state index contributed by atoms with van der Waals surface area (Å²) in [6.07, 6.45) is 5.01. The Morgan fingerprint density at radius 3 is 2.97 bits per heavy atom. The van der Waals surface area contributed by atoms with Crippen LogP contribution in [-0.4, -0.2) is 64.6 Å². The molecule has 1 N–H and O–H groups in total. The van der Waals surface area contributed by atoms with Gasteiger partial charge in [0.05, 0.1) is 52.7 Å². The highest BCUT2D eigenvalue weighted by Crippen LogP contribution is 2.40. The standard InChI is InChI=1S/C25H28FN5O3S/c1-33-25(15-31-22(32)3-2-19-24(31)23(25)18(26)12-29-19)14-30-6-4-16(5-7-30)27-11-17-10-21-20(13-28-17)34-8-9-35-21/h2-3,10,12-13,16,27H,4-9,11,14-15H2,1H3. The molecule has 0 amide bonds. The van der Waals surface area contributed by atoms with Crippen LogP contribution in [0.15, 0.2) is 40.3 Å². The summed E-state index contributed by atoms with van der Waals surface area (Å²) in [6.45, 7) is 4.01. The first-order valence-electron chi connectivity index (χ1n) is 12.0. The molecule has 3 aliphatic heterocycles. The van der Waals surface area contributed by atoms with Crippen LogP contribution in [0.1, 0.15) is 24.1 Å². The highest BCUT2D eigenvalue weighted by Gasteiger charge is 2.45. The van der Waals surface area contributed by atoms with E-state index in [1.807, 2.05) is 18.0 Å². The number of ether oxygens (including phenoxy) is 2. The third-order valence-electron chi connectivity index (χ3n) is 7.34. The molecular formula is C25H28FN5O3S. The van der Waals surface area contributed by atoms with Crippen LogP contribution in [-0.2, 0) is 23.4 Å². The highest BCUT2D eigenvalue weighted by molar-refractivity contribution is 7.99. The van der Waals surface area contributed by atoms with Crippen molar-refractivity contribution in [2.24, 2.45) is 0 Å². The number of methoxy groups -OCH3 is 1. The zero-order chi connectivity index (χ0) is 24.0. The minimum Gasteiger partial charge on any atom is -0.490 e. The average Bonchev–Trinajstić information content (AvgIpc) is 3.24. The molecule has 6 rings (SSSR count). The predicted octanol–water partition coefficient (Wildman–Crippen LogP) is 2.52. The van der Waals surface area contributed by atoms with E-state index in [1.54, 1.807) is 17.7 Å². The maximum absolute atomic E-state index is 15.0. The molecule has 3 aromatic rings. The summed E-state index contributed by atoms with van der Waals surface area (Å²) in [5, 5.41) is 3.64.